The summed E-state index contributed by atoms with van der Waals surface area (Å²) in [4.78, 5) is 12.1. The lowest BCUT2D eigenvalue weighted by molar-refractivity contribution is -0.121. The third kappa shape index (κ3) is 2.79. The van der Waals surface area contributed by atoms with E-state index in [-0.39, 0.29) is 25.0 Å². The quantitative estimate of drug-likeness (QED) is 0.786. The number of aromatic nitrogens is 5. The minimum Gasteiger partial charge on any atom is -0.388 e. The van der Waals surface area contributed by atoms with Gasteiger partial charge in [0, 0.05) is 18.0 Å². The molecular formula is C15H20N6O3. The highest BCUT2D eigenvalue weighted by Crippen LogP contribution is 2.42. The second kappa shape index (κ2) is 5.97. The molecule has 0 spiro atoms. The maximum absolute atomic E-state index is 12.1. The zero-order valence-corrected chi connectivity index (χ0v) is 13.5. The molecule has 2 aromatic heterocycles. The average molecular weight is 332 g/mol. The molecule has 9 heteroatoms. The zero-order valence-electron chi connectivity index (χ0n) is 13.5. The summed E-state index contributed by atoms with van der Waals surface area (Å²) in [5, 5.41) is 28.2. The van der Waals surface area contributed by atoms with E-state index in [1.165, 1.54) is 0 Å². The molecule has 0 bridgehead atoms. The number of hydrogen-bond donors (Lipinski definition) is 2. The molecule has 2 N–H and O–H groups in total. The first kappa shape index (κ1) is 15.3. The van der Waals surface area contributed by atoms with Crippen molar-refractivity contribution >= 4 is 5.91 Å². The molecule has 2 aromatic rings. The predicted molar refractivity (Wildman–Crippen MR) is 80.9 cm³/mol. The number of carbonyl (C=O) groups excluding carboxylic acids is 1. The van der Waals surface area contributed by atoms with Crippen molar-refractivity contribution in [2.75, 3.05) is 0 Å². The van der Waals surface area contributed by atoms with Gasteiger partial charge in [0.05, 0.1) is 6.42 Å². The Bertz CT molecular complexity index is 744. The summed E-state index contributed by atoms with van der Waals surface area (Å²) < 4.78 is 6.69. The SMILES string of the molecule is Cc1nonc1CC(=O)NC1CC(c2nnc(CO)n2C2CC2)C1. The van der Waals surface area contributed by atoms with Gasteiger partial charge in [0.15, 0.2) is 5.82 Å². The topological polar surface area (TPSA) is 119 Å². The Kier molecular flexibility index (Phi) is 3.79. The van der Waals surface area contributed by atoms with Crippen LogP contribution in [0.2, 0.25) is 0 Å². The van der Waals surface area contributed by atoms with Gasteiger partial charge in [-0.2, -0.15) is 0 Å². The van der Waals surface area contributed by atoms with Crippen LogP contribution in [-0.4, -0.2) is 42.1 Å². The van der Waals surface area contributed by atoms with Crippen molar-refractivity contribution in [3.05, 3.63) is 23.0 Å². The van der Waals surface area contributed by atoms with E-state index in [0.29, 0.717) is 29.2 Å². The van der Waals surface area contributed by atoms with Crippen LogP contribution in [0.5, 0.6) is 0 Å². The minimum atomic E-state index is -0.0819. The Morgan fingerprint density at radius 1 is 1.33 bits per heavy atom. The monoisotopic (exact) mass is 332 g/mol. The molecule has 0 radical (unpaired) electrons. The Balaban J connectivity index is 1.33. The average Bonchev–Trinajstić information content (AvgIpc) is 3.16. The largest absolute Gasteiger partial charge is 0.388 e. The fraction of sp³-hybridized carbons (Fsp3) is 0.667. The fourth-order valence-electron chi connectivity index (χ4n) is 3.24. The normalized spacial score (nSPS) is 23.1. The van der Waals surface area contributed by atoms with Crippen molar-refractivity contribution in [1.29, 1.82) is 0 Å². The van der Waals surface area contributed by atoms with Gasteiger partial charge in [0.2, 0.25) is 5.91 Å². The fourth-order valence-corrected chi connectivity index (χ4v) is 3.24. The first-order chi connectivity index (χ1) is 11.7. The molecule has 2 heterocycles. The van der Waals surface area contributed by atoms with Gasteiger partial charge < -0.3 is 15.0 Å². The summed E-state index contributed by atoms with van der Waals surface area (Å²) in [6.07, 6.45) is 4.12. The van der Waals surface area contributed by atoms with E-state index in [9.17, 15) is 9.90 Å². The zero-order chi connectivity index (χ0) is 16.7. The smallest absolute Gasteiger partial charge is 0.226 e. The summed E-state index contributed by atoms with van der Waals surface area (Å²) in [5.41, 5.74) is 1.22. The van der Waals surface area contributed by atoms with Crippen molar-refractivity contribution in [1.82, 2.24) is 30.4 Å². The van der Waals surface area contributed by atoms with Crippen LogP contribution in [0.4, 0.5) is 0 Å². The Morgan fingerprint density at radius 2 is 2.12 bits per heavy atom. The summed E-state index contributed by atoms with van der Waals surface area (Å²) in [5.74, 6) is 1.81. The van der Waals surface area contributed by atoms with Crippen LogP contribution < -0.4 is 5.32 Å². The van der Waals surface area contributed by atoms with Crippen LogP contribution in [0.1, 0.15) is 60.7 Å². The van der Waals surface area contributed by atoms with Gasteiger partial charge >= 0.3 is 0 Å². The molecule has 2 aliphatic rings. The van der Waals surface area contributed by atoms with Crippen molar-refractivity contribution in [2.45, 2.75) is 63.6 Å². The second-order valence-electron chi connectivity index (χ2n) is 6.64. The van der Waals surface area contributed by atoms with Crippen molar-refractivity contribution in [3.63, 3.8) is 0 Å². The third-order valence-electron chi connectivity index (χ3n) is 4.79. The standard InChI is InChI=1S/C15H20N6O3/c1-8-12(20-24-19-8)6-14(23)16-10-4-9(5-10)15-18-17-13(7-22)21(15)11-2-3-11/h9-11,22H,2-7H2,1H3,(H,16,23). The highest BCUT2D eigenvalue weighted by molar-refractivity contribution is 5.78. The molecule has 2 fully saturated rings. The lowest BCUT2D eigenvalue weighted by Gasteiger charge is -2.35. The van der Waals surface area contributed by atoms with E-state index in [1.807, 2.05) is 0 Å². The molecule has 2 aliphatic carbocycles. The third-order valence-corrected chi connectivity index (χ3v) is 4.79. The Labute approximate surface area is 138 Å². The first-order valence-electron chi connectivity index (χ1n) is 8.27. The number of nitrogens with zero attached hydrogens (tertiary/aromatic N) is 5. The molecule has 0 aromatic carbocycles. The number of amides is 1. The highest BCUT2D eigenvalue weighted by atomic mass is 16.6. The summed E-state index contributed by atoms with van der Waals surface area (Å²) in [7, 11) is 0. The van der Waals surface area contributed by atoms with E-state index >= 15 is 0 Å². The van der Waals surface area contributed by atoms with Gasteiger partial charge in [0.25, 0.3) is 0 Å². The van der Waals surface area contributed by atoms with Gasteiger partial charge in [-0.15, -0.1) is 10.2 Å². The summed E-state index contributed by atoms with van der Waals surface area (Å²) >= 11 is 0. The number of rotatable bonds is 6. The number of nitrogens with one attached hydrogen (secondary N) is 1. The highest BCUT2D eigenvalue weighted by Gasteiger charge is 2.38. The molecule has 1 amide bonds. The van der Waals surface area contributed by atoms with Gasteiger partial charge in [-0.1, -0.05) is 10.3 Å². The molecule has 0 aliphatic heterocycles. The number of carbonyl (C=O) groups is 1. The minimum absolute atomic E-state index is 0.0723. The van der Waals surface area contributed by atoms with E-state index in [4.69, 9.17) is 0 Å². The summed E-state index contributed by atoms with van der Waals surface area (Å²) in [6, 6.07) is 0.582. The number of aryl methyl sites for hydroxylation is 1. The lowest BCUT2D eigenvalue weighted by atomic mass is 9.79. The van der Waals surface area contributed by atoms with Crippen LogP contribution in [0.25, 0.3) is 0 Å². The molecule has 4 rings (SSSR count). The van der Waals surface area contributed by atoms with Crippen LogP contribution in [0.3, 0.4) is 0 Å². The van der Waals surface area contributed by atoms with Gasteiger partial charge in [-0.3, -0.25) is 4.79 Å². The number of aliphatic hydroxyl groups excluding tert-OH is 1. The molecule has 128 valence electrons. The molecule has 24 heavy (non-hydrogen) atoms. The van der Waals surface area contributed by atoms with E-state index in [1.54, 1.807) is 6.92 Å². The molecular weight excluding hydrogens is 312 g/mol. The molecule has 0 saturated heterocycles. The van der Waals surface area contributed by atoms with Gasteiger partial charge in [-0.25, -0.2) is 4.63 Å². The maximum Gasteiger partial charge on any atom is 0.226 e. The summed E-state index contributed by atoms with van der Waals surface area (Å²) in [6.45, 7) is 1.68. The van der Waals surface area contributed by atoms with E-state index < -0.39 is 0 Å². The van der Waals surface area contributed by atoms with Crippen LogP contribution in [0.15, 0.2) is 4.63 Å². The van der Waals surface area contributed by atoms with Crippen molar-refractivity contribution in [2.24, 2.45) is 0 Å². The predicted octanol–water partition coefficient (Wildman–Crippen LogP) is 0.402. The molecule has 0 atom stereocenters. The van der Waals surface area contributed by atoms with Crippen LogP contribution in [-0.2, 0) is 17.8 Å². The number of hydrogen-bond acceptors (Lipinski definition) is 7. The van der Waals surface area contributed by atoms with E-state index in [2.05, 4.69) is 35.0 Å². The van der Waals surface area contributed by atoms with Crippen LogP contribution >= 0.6 is 0 Å². The van der Waals surface area contributed by atoms with Crippen molar-refractivity contribution < 1.29 is 14.5 Å². The molecule has 2 saturated carbocycles. The van der Waals surface area contributed by atoms with Gasteiger partial charge in [-0.05, 0) is 32.6 Å². The molecule has 9 nitrogen and oxygen atoms in total. The lowest BCUT2D eigenvalue weighted by Crippen LogP contribution is -2.44. The van der Waals surface area contributed by atoms with Gasteiger partial charge in [0.1, 0.15) is 23.8 Å². The first-order valence-corrected chi connectivity index (χ1v) is 8.27. The Hall–Kier alpha value is -2.29. The van der Waals surface area contributed by atoms with Crippen LogP contribution in [0, 0.1) is 6.92 Å². The molecule has 0 unspecified atom stereocenters. The number of aliphatic hydroxyl groups is 1. The van der Waals surface area contributed by atoms with Crippen molar-refractivity contribution in [3.8, 4) is 0 Å². The Morgan fingerprint density at radius 3 is 2.75 bits per heavy atom. The maximum atomic E-state index is 12.1. The second-order valence-corrected chi connectivity index (χ2v) is 6.64. The van der Waals surface area contributed by atoms with E-state index in [0.717, 1.165) is 31.5 Å².